The predicted molar refractivity (Wildman–Crippen MR) is 342 cm³/mol. The Balaban J connectivity index is 0.000000116. The molecule has 12 aliphatic rings. The standard InChI is InChI=1S/C28H40N2O2.2C24H37NO3/c1-26(32)12-13-28(14-16-31)19(17-26)6-7-20-21-8-9-23(27(21,2)11-10-22(20)28)24-18-30-15-4-3-5-25(30)29-24;1-22(27)10-11-24(12-13-26)16(15-22)3-4-17-18-5-6-20(21-8-14-28-25-21)23(18,2)9-7-19(17)24;1-22(27)10-11-24(12-14-26)16(15-22)3-4-17-18-5-6-20(21-8-13-25-28-21)23(18,2)9-7-19(17)24/h3-5,15,18-23,31-32H,6-14,16-17H2,1-2H3;8,14,16-20,26-27H,3-7,9-13,15H2,1-2H3;8,13,16-20,26-27H,3-7,9-12,14-15H2,1-2H3/t19-,20?,21-,22-,23+,26+,27-,28+;2*16-,17+,18+,19+,20-,22-,23+,24-/m011/s1. The van der Waals surface area contributed by atoms with Crippen LogP contribution in [0.15, 0.2) is 64.2 Å². The molecule has 12 aliphatic carbocycles. The van der Waals surface area contributed by atoms with Gasteiger partial charge in [0.05, 0.1) is 34.4 Å². The topological polar surface area (TPSA) is 191 Å². The number of pyridine rings is 1. The Labute approximate surface area is 527 Å². The van der Waals surface area contributed by atoms with Gasteiger partial charge < -0.3 is 44.1 Å². The van der Waals surface area contributed by atoms with Crippen molar-refractivity contribution in [3.05, 3.63) is 72.3 Å². The normalized spacial score (nSPS) is 48.9. The lowest BCUT2D eigenvalue weighted by molar-refractivity contribution is -0.158. The van der Waals surface area contributed by atoms with Gasteiger partial charge in [0.1, 0.15) is 17.7 Å². The van der Waals surface area contributed by atoms with Crippen LogP contribution >= 0.6 is 0 Å². The number of hydrogen-bond acceptors (Lipinski definition) is 11. The van der Waals surface area contributed by atoms with Crippen molar-refractivity contribution in [3.8, 4) is 0 Å². The van der Waals surface area contributed by atoms with E-state index >= 15 is 0 Å². The fraction of sp³-hybridized carbons (Fsp3) is 0.829. The molecule has 24 atom stereocenters. The number of aromatic nitrogens is 4. The lowest BCUT2D eigenvalue weighted by atomic mass is 9.42. The largest absolute Gasteiger partial charge is 0.396 e. The van der Waals surface area contributed by atoms with Crippen LogP contribution < -0.4 is 0 Å². The fourth-order valence-electron chi connectivity index (χ4n) is 27.2. The van der Waals surface area contributed by atoms with Gasteiger partial charge in [-0.15, -0.1) is 0 Å². The number of hydrogen-bond donors (Lipinski definition) is 6. The summed E-state index contributed by atoms with van der Waals surface area (Å²) in [4.78, 5) is 5.06. The summed E-state index contributed by atoms with van der Waals surface area (Å²) in [6, 6.07) is 10.4. The molecule has 6 N–H and O–H groups in total. The van der Waals surface area contributed by atoms with E-state index in [1.165, 1.54) is 121 Å². The van der Waals surface area contributed by atoms with Crippen LogP contribution in [0.25, 0.3) is 5.65 Å². The van der Waals surface area contributed by atoms with E-state index in [0.29, 0.717) is 71.6 Å². The Bertz CT molecular complexity index is 2880. The van der Waals surface area contributed by atoms with Crippen LogP contribution in [0.2, 0.25) is 0 Å². The molecule has 1 unspecified atom stereocenters. The lowest BCUT2D eigenvalue weighted by Gasteiger charge is -2.63. The maximum Gasteiger partial charge on any atom is 0.140 e. The molecule has 12 fully saturated rings. The highest BCUT2D eigenvalue weighted by Gasteiger charge is 2.66. The SMILES string of the molecule is C[C@@]1(O)CC[C@@]2(CCO)[C@@H](CCC3[C@@H]4CC[C@H](c5cn6ccccc6n5)[C@@]4(C)CC[C@@H]32)C1.C[C@@]1(O)CC[C@@]2(CCO)[C@H](CC[C@H]3[C@@H]4CC[C@H](c5ccno5)[C@@]4(C)CC[C@@H]32)C1.C[C@@]1(O)CC[C@@]2(CCO)[C@H](CC[C@H]3[C@@H]4CC[C@H](c5ccon5)[C@@]4(C)CC[C@@H]32)C1. The van der Waals surface area contributed by atoms with Crippen molar-refractivity contribution < 1.29 is 39.7 Å². The molecule has 0 aromatic carbocycles. The van der Waals surface area contributed by atoms with Gasteiger partial charge in [0, 0.05) is 62.1 Å². The molecule has 0 saturated heterocycles. The number of imidazole rings is 1. The Kier molecular flexibility index (Phi) is 16.4. The summed E-state index contributed by atoms with van der Waals surface area (Å²) in [5.74, 6) is 11.3. The second-order valence-corrected chi connectivity index (χ2v) is 34.7. The van der Waals surface area contributed by atoms with Gasteiger partial charge in [0.25, 0.3) is 0 Å². The molecule has 0 radical (unpaired) electrons. The average molecular weight is 1210 g/mol. The van der Waals surface area contributed by atoms with Crippen molar-refractivity contribution in [1.82, 2.24) is 19.7 Å². The Morgan fingerprint density at radius 3 is 1.32 bits per heavy atom. The highest BCUT2D eigenvalue weighted by atomic mass is 16.5. The first-order valence-corrected chi connectivity index (χ1v) is 36.4. The minimum Gasteiger partial charge on any atom is -0.396 e. The average Bonchev–Trinajstić information content (AvgIpc) is 1.75. The van der Waals surface area contributed by atoms with Crippen LogP contribution in [0.1, 0.15) is 269 Å². The summed E-state index contributed by atoms with van der Waals surface area (Å²) in [6.45, 7) is 14.6. The lowest BCUT2D eigenvalue weighted by Crippen LogP contribution is -2.56. The second kappa shape index (κ2) is 23.1. The van der Waals surface area contributed by atoms with E-state index in [1.54, 1.807) is 12.5 Å². The van der Waals surface area contributed by atoms with Crippen molar-refractivity contribution in [1.29, 1.82) is 0 Å². The van der Waals surface area contributed by atoms with Crippen LogP contribution in [0.5, 0.6) is 0 Å². The number of aliphatic hydroxyl groups excluding tert-OH is 3. The quantitative estimate of drug-likeness (QED) is 0.0935. The zero-order chi connectivity index (χ0) is 61.3. The first-order valence-electron chi connectivity index (χ1n) is 36.4. The van der Waals surface area contributed by atoms with Crippen LogP contribution in [-0.4, -0.2) is 87.0 Å². The van der Waals surface area contributed by atoms with Crippen molar-refractivity contribution >= 4 is 5.65 Å². The van der Waals surface area contributed by atoms with E-state index in [1.807, 2.05) is 20.8 Å². The summed E-state index contributed by atoms with van der Waals surface area (Å²) < 4.78 is 13.0. The van der Waals surface area contributed by atoms with E-state index in [0.717, 1.165) is 147 Å². The summed E-state index contributed by atoms with van der Waals surface area (Å²) in [7, 11) is 0. The van der Waals surface area contributed by atoms with Gasteiger partial charge >= 0.3 is 0 Å². The molecular formula is C76H114N4O8. The van der Waals surface area contributed by atoms with E-state index in [-0.39, 0.29) is 16.2 Å². The molecule has 4 heterocycles. The number of rotatable bonds is 9. The van der Waals surface area contributed by atoms with E-state index < -0.39 is 16.8 Å². The van der Waals surface area contributed by atoms with Crippen LogP contribution in [0, 0.1) is 104 Å². The molecule has 0 aliphatic heterocycles. The zero-order valence-corrected chi connectivity index (χ0v) is 55.0. The monoisotopic (exact) mass is 1210 g/mol. The molecule has 12 nitrogen and oxygen atoms in total. The Hall–Kier alpha value is -3.13. The molecule has 4 aromatic heterocycles. The van der Waals surface area contributed by atoms with Crippen molar-refractivity contribution in [2.75, 3.05) is 19.8 Å². The van der Waals surface area contributed by atoms with E-state index in [9.17, 15) is 30.6 Å². The molecule has 12 heteroatoms. The molecule has 4 aromatic rings. The van der Waals surface area contributed by atoms with Gasteiger partial charge in [-0.05, 0) is 329 Å². The molecule has 0 spiro atoms. The van der Waals surface area contributed by atoms with Gasteiger partial charge in [-0.1, -0.05) is 37.2 Å². The summed E-state index contributed by atoms with van der Waals surface area (Å²) in [5, 5.41) is 70.7. The molecule has 12 saturated carbocycles. The minimum atomic E-state index is -0.513. The smallest absolute Gasteiger partial charge is 0.140 e. The third kappa shape index (κ3) is 10.2. The second-order valence-electron chi connectivity index (χ2n) is 34.7. The number of nitrogens with zero attached hydrogens (tertiary/aromatic N) is 4. The van der Waals surface area contributed by atoms with Gasteiger partial charge in [-0.25, -0.2) is 4.98 Å². The van der Waals surface area contributed by atoms with Gasteiger partial charge in [0.15, 0.2) is 0 Å². The van der Waals surface area contributed by atoms with E-state index in [4.69, 9.17) is 14.0 Å². The maximum absolute atomic E-state index is 10.8. The first-order chi connectivity index (χ1) is 42.2. The van der Waals surface area contributed by atoms with Gasteiger partial charge in [0.2, 0.25) is 0 Å². The van der Waals surface area contributed by atoms with Gasteiger partial charge in [-0.2, -0.15) is 0 Å². The van der Waals surface area contributed by atoms with Crippen molar-refractivity contribution in [2.45, 2.75) is 269 Å². The molecule has 16 rings (SSSR count). The van der Waals surface area contributed by atoms with Crippen LogP contribution in [0.3, 0.4) is 0 Å². The zero-order valence-electron chi connectivity index (χ0n) is 55.0. The molecule has 0 amide bonds. The number of fused-ring (bicyclic) bond motifs is 16. The Morgan fingerprint density at radius 2 is 0.909 bits per heavy atom. The fourth-order valence-corrected chi connectivity index (χ4v) is 27.2. The number of aliphatic hydroxyl groups is 6. The molecule has 0 bridgehead atoms. The van der Waals surface area contributed by atoms with Crippen LogP contribution in [0.4, 0.5) is 0 Å². The highest BCUT2D eigenvalue weighted by molar-refractivity contribution is 5.41. The van der Waals surface area contributed by atoms with E-state index in [2.05, 4.69) is 78.2 Å². The minimum absolute atomic E-state index is 0.252. The molecule has 486 valence electrons. The van der Waals surface area contributed by atoms with Crippen molar-refractivity contribution in [2.24, 2.45) is 104 Å². The summed E-state index contributed by atoms with van der Waals surface area (Å²) in [5.41, 5.74) is 3.77. The maximum atomic E-state index is 10.8. The molecule has 88 heavy (non-hydrogen) atoms. The third-order valence-electron chi connectivity index (χ3n) is 31.0. The summed E-state index contributed by atoms with van der Waals surface area (Å²) >= 11 is 0. The molecular weight excluding hydrogens is 1100 g/mol. The summed E-state index contributed by atoms with van der Waals surface area (Å²) in [6.07, 6.45) is 42.5. The predicted octanol–water partition coefficient (Wildman–Crippen LogP) is 15.4. The first kappa shape index (κ1) is 62.3. The highest BCUT2D eigenvalue weighted by Crippen LogP contribution is 2.74. The Morgan fingerprint density at radius 1 is 0.466 bits per heavy atom. The van der Waals surface area contributed by atoms with Crippen molar-refractivity contribution in [3.63, 3.8) is 0 Å². The third-order valence-corrected chi connectivity index (χ3v) is 31.0. The van der Waals surface area contributed by atoms with Gasteiger partial charge in [-0.3, -0.25) is 0 Å². The van der Waals surface area contributed by atoms with Crippen LogP contribution in [-0.2, 0) is 0 Å².